The summed E-state index contributed by atoms with van der Waals surface area (Å²) in [4.78, 5) is 17.5. The lowest BCUT2D eigenvalue weighted by Crippen LogP contribution is -2.51. The first-order chi connectivity index (χ1) is 12.0. The van der Waals surface area contributed by atoms with Crippen molar-refractivity contribution >= 4 is 26.8 Å². The summed E-state index contributed by atoms with van der Waals surface area (Å²) in [6.07, 6.45) is 2.19. The number of benzene rings is 1. The van der Waals surface area contributed by atoms with Gasteiger partial charge in [-0.05, 0) is 11.6 Å². The molecule has 0 saturated carbocycles. The molecule has 136 valence electrons. The minimum absolute atomic E-state index is 0.0210. The van der Waals surface area contributed by atoms with Gasteiger partial charge in [-0.1, -0.05) is 18.2 Å². The third kappa shape index (κ3) is 4.02. The third-order valence-corrected chi connectivity index (χ3v) is 6.38. The van der Waals surface area contributed by atoms with Gasteiger partial charge in [0.15, 0.2) is 0 Å². The SMILES string of the molecule is COCCS(=O)(=O)N1CCN(C(=O)Cc2c[nH]c3ccccc23)CC1. The average molecular weight is 365 g/mol. The lowest BCUT2D eigenvalue weighted by molar-refractivity contribution is -0.131. The summed E-state index contributed by atoms with van der Waals surface area (Å²) >= 11 is 0. The summed E-state index contributed by atoms with van der Waals surface area (Å²) in [6.45, 7) is 1.71. The first-order valence-corrected chi connectivity index (χ1v) is 9.92. The van der Waals surface area contributed by atoms with E-state index in [2.05, 4.69) is 4.98 Å². The maximum atomic E-state index is 12.6. The molecule has 0 radical (unpaired) electrons. The summed E-state index contributed by atoms with van der Waals surface area (Å²) in [5.74, 6) is 0.00552. The molecule has 8 heteroatoms. The Morgan fingerprint density at radius 1 is 1.20 bits per heavy atom. The van der Waals surface area contributed by atoms with Crippen LogP contribution >= 0.6 is 0 Å². The highest BCUT2D eigenvalue weighted by atomic mass is 32.2. The van der Waals surface area contributed by atoms with E-state index in [1.807, 2.05) is 30.5 Å². The second-order valence-corrected chi connectivity index (χ2v) is 8.21. The van der Waals surface area contributed by atoms with Crippen molar-refractivity contribution in [2.75, 3.05) is 45.6 Å². The Morgan fingerprint density at radius 3 is 2.64 bits per heavy atom. The van der Waals surface area contributed by atoms with Crippen LogP contribution in [-0.2, 0) is 26.0 Å². The quantitative estimate of drug-likeness (QED) is 0.822. The number of methoxy groups -OCH3 is 1. The molecule has 2 aromatic rings. The smallest absolute Gasteiger partial charge is 0.227 e. The number of H-pyrrole nitrogens is 1. The number of piperazine rings is 1. The zero-order valence-electron chi connectivity index (χ0n) is 14.3. The highest BCUT2D eigenvalue weighted by molar-refractivity contribution is 7.89. The van der Waals surface area contributed by atoms with Crippen molar-refractivity contribution in [2.24, 2.45) is 0 Å². The molecule has 1 aliphatic heterocycles. The number of aromatic nitrogens is 1. The van der Waals surface area contributed by atoms with Crippen molar-refractivity contribution in [1.82, 2.24) is 14.2 Å². The van der Waals surface area contributed by atoms with E-state index in [4.69, 9.17) is 4.74 Å². The second kappa shape index (κ2) is 7.55. The van der Waals surface area contributed by atoms with Crippen LogP contribution in [0, 0.1) is 0 Å². The number of hydrogen-bond acceptors (Lipinski definition) is 4. The number of fused-ring (bicyclic) bond motifs is 1. The Morgan fingerprint density at radius 2 is 1.92 bits per heavy atom. The van der Waals surface area contributed by atoms with Gasteiger partial charge in [-0.2, -0.15) is 4.31 Å². The van der Waals surface area contributed by atoms with E-state index in [0.717, 1.165) is 16.5 Å². The molecule has 1 saturated heterocycles. The van der Waals surface area contributed by atoms with Crippen molar-refractivity contribution in [2.45, 2.75) is 6.42 Å². The number of para-hydroxylation sites is 1. The molecule has 1 aromatic heterocycles. The molecule has 25 heavy (non-hydrogen) atoms. The second-order valence-electron chi connectivity index (χ2n) is 6.12. The van der Waals surface area contributed by atoms with Gasteiger partial charge < -0.3 is 14.6 Å². The summed E-state index contributed by atoms with van der Waals surface area (Å²) in [5, 5.41) is 1.05. The predicted molar refractivity (Wildman–Crippen MR) is 95.8 cm³/mol. The van der Waals surface area contributed by atoms with Gasteiger partial charge in [0.05, 0.1) is 18.8 Å². The molecular formula is C17H23N3O4S. The molecule has 1 N–H and O–H groups in total. The number of ether oxygens (including phenoxy) is 1. The molecule has 2 heterocycles. The van der Waals surface area contributed by atoms with E-state index in [1.54, 1.807) is 4.90 Å². The Labute approximate surface area is 147 Å². The average Bonchev–Trinajstić information content (AvgIpc) is 3.03. The van der Waals surface area contributed by atoms with Crippen LogP contribution in [0.25, 0.3) is 10.9 Å². The summed E-state index contributed by atoms with van der Waals surface area (Å²) < 4.78 is 30.6. The van der Waals surface area contributed by atoms with Crippen LogP contribution in [0.5, 0.6) is 0 Å². The van der Waals surface area contributed by atoms with Crippen molar-refractivity contribution in [3.8, 4) is 0 Å². The number of nitrogens with one attached hydrogen (secondary N) is 1. The summed E-state index contributed by atoms with van der Waals surface area (Å²) in [5.41, 5.74) is 1.98. The normalized spacial score (nSPS) is 16.4. The van der Waals surface area contributed by atoms with Gasteiger partial charge in [-0.3, -0.25) is 4.79 Å². The Kier molecular flexibility index (Phi) is 5.41. The van der Waals surface area contributed by atoms with Crippen LogP contribution in [0.1, 0.15) is 5.56 Å². The van der Waals surface area contributed by atoms with Crippen molar-refractivity contribution in [3.63, 3.8) is 0 Å². The monoisotopic (exact) mass is 365 g/mol. The topological polar surface area (TPSA) is 82.7 Å². The first kappa shape index (κ1) is 17.9. The van der Waals surface area contributed by atoms with Gasteiger partial charge >= 0.3 is 0 Å². The zero-order chi connectivity index (χ0) is 17.9. The molecule has 1 aromatic carbocycles. The van der Waals surface area contributed by atoms with Gasteiger partial charge in [0.2, 0.25) is 15.9 Å². The highest BCUT2D eigenvalue weighted by Crippen LogP contribution is 2.19. The summed E-state index contributed by atoms with van der Waals surface area (Å²) in [7, 11) is -1.83. The molecule has 0 spiro atoms. The number of nitrogens with zero attached hydrogens (tertiary/aromatic N) is 2. The van der Waals surface area contributed by atoms with Crippen LogP contribution in [0.3, 0.4) is 0 Å². The number of amides is 1. The lowest BCUT2D eigenvalue weighted by Gasteiger charge is -2.34. The number of aromatic amines is 1. The molecule has 0 bridgehead atoms. The van der Waals surface area contributed by atoms with E-state index in [9.17, 15) is 13.2 Å². The molecule has 0 unspecified atom stereocenters. The van der Waals surface area contributed by atoms with E-state index in [-0.39, 0.29) is 18.3 Å². The van der Waals surface area contributed by atoms with Crippen LogP contribution in [0.4, 0.5) is 0 Å². The standard InChI is InChI=1S/C17H23N3O4S/c1-24-10-11-25(22,23)20-8-6-19(7-9-20)17(21)12-14-13-18-16-5-3-2-4-15(14)16/h2-5,13,18H,6-12H2,1H3. The van der Waals surface area contributed by atoms with Crippen molar-refractivity contribution < 1.29 is 17.9 Å². The van der Waals surface area contributed by atoms with Crippen LogP contribution in [-0.4, -0.2) is 74.2 Å². The van der Waals surface area contributed by atoms with Crippen molar-refractivity contribution in [1.29, 1.82) is 0 Å². The number of rotatable bonds is 6. The van der Waals surface area contributed by atoms with E-state index >= 15 is 0 Å². The lowest BCUT2D eigenvalue weighted by atomic mass is 10.1. The van der Waals surface area contributed by atoms with Crippen molar-refractivity contribution in [3.05, 3.63) is 36.0 Å². The molecule has 1 fully saturated rings. The number of carbonyl (C=O) groups excluding carboxylic acids is 1. The highest BCUT2D eigenvalue weighted by Gasteiger charge is 2.28. The molecule has 0 aliphatic carbocycles. The molecular weight excluding hydrogens is 342 g/mol. The fraction of sp³-hybridized carbons (Fsp3) is 0.471. The van der Waals surface area contributed by atoms with Gasteiger partial charge in [0, 0.05) is 50.4 Å². The Balaban J connectivity index is 1.58. The minimum atomic E-state index is -3.31. The maximum absolute atomic E-state index is 12.6. The molecule has 7 nitrogen and oxygen atoms in total. The van der Waals surface area contributed by atoms with Crippen LogP contribution < -0.4 is 0 Å². The Hall–Kier alpha value is -1.90. The number of carbonyl (C=O) groups is 1. The minimum Gasteiger partial charge on any atom is -0.384 e. The van der Waals surface area contributed by atoms with E-state index in [1.165, 1.54) is 11.4 Å². The van der Waals surface area contributed by atoms with Gasteiger partial charge in [0.1, 0.15) is 0 Å². The Bertz CT molecular complexity index is 838. The largest absolute Gasteiger partial charge is 0.384 e. The maximum Gasteiger partial charge on any atom is 0.227 e. The predicted octanol–water partition coefficient (Wildman–Crippen LogP) is 0.831. The molecule has 0 atom stereocenters. The number of hydrogen-bond donors (Lipinski definition) is 1. The number of sulfonamides is 1. The zero-order valence-corrected chi connectivity index (χ0v) is 15.1. The van der Waals surface area contributed by atoms with E-state index < -0.39 is 10.0 Å². The fourth-order valence-corrected chi connectivity index (χ4v) is 4.44. The summed E-state index contributed by atoms with van der Waals surface area (Å²) in [6, 6.07) is 7.88. The van der Waals surface area contributed by atoms with Crippen LogP contribution in [0.2, 0.25) is 0 Å². The fourth-order valence-electron chi connectivity index (χ4n) is 3.09. The molecule has 1 amide bonds. The first-order valence-electron chi connectivity index (χ1n) is 8.31. The van der Waals surface area contributed by atoms with Gasteiger partial charge in [0.25, 0.3) is 0 Å². The van der Waals surface area contributed by atoms with Gasteiger partial charge in [-0.25, -0.2) is 8.42 Å². The molecule has 3 rings (SSSR count). The third-order valence-electron chi connectivity index (χ3n) is 4.55. The molecule has 1 aliphatic rings. The van der Waals surface area contributed by atoms with E-state index in [0.29, 0.717) is 32.6 Å². The van der Waals surface area contributed by atoms with Gasteiger partial charge in [-0.15, -0.1) is 0 Å². The van der Waals surface area contributed by atoms with Crippen LogP contribution in [0.15, 0.2) is 30.5 Å².